The van der Waals surface area contributed by atoms with E-state index in [2.05, 4.69) is 10.4 Å². The van der Waals surface area contributed by atoms with Gasteiger partial charge in [0, 0.05) is 18.2 Å². The highest BCUT2D eigenvalue weighted by molar-refractivity contribution is 6.24. The summed E-state index contributed by atoms with van der Waals surface area (Å²) < 4.78 is 6.98. The van der Waals surface area contributed by atoms with Crippen LogP contribution in [0.1, 0.15) is 58.7 Å². The van der Waals surface area contributed by atoms with Gasteiger partial charge in [-0.25, -0.2) is 4.79 Å². The average Bonchev–Trinajstić information content (AvgIpc) is 2.95. The van der Waals surface area contributed by atoms with Crippen molar-refractivity contribution in [2.45, 2.75) is 64.1 Å². The van der Waals surface area contributed by atoms with Crippen LogP contribution in [0.2, 0.25) is 0 Å². The first-order chi connectivity index (χ1) is 11.7. The van der Waals surface area contributed by atoms with Crippen LogP contribution in [0, 0.1) is 0 Å². The van der Waals surface area contributed by atoms with Crippen molar-refractivity contribution in [2.24, 2.45) is 0 Å². The van der Waals surface area contributed by atoms with Gasteiger partial charge in [0.15, 0.2) is 0 Å². The molecule has 2 atom stereocenters. The third kappa shape index (κ3) is 3.56. The highest BCUT2D eigenvalue weighted by atomic mass is 35.5. The van der Waals surface area contributed by atoms with Gasteiger partial charge >= 0.3 is 6.09 Å². The number of carbonyl (C=O) groups excluding carboxylic acids is 1. The number of likely N-dealkylation sites (tertiary alicyclic amines) is 1. The van der Waals surface area contributed by atoms with Crippen LogP contribution < -0.4 is 5.32 Å². The first-order valence-electron chi connectivity index (χ1n) is 8.57. The highest BCUT2D eigenvalue weighted by Gasteiger charge is 2.34. The molecule has 1 aromatic heterocycles. The molecule has 0 aromatic carbocycles. The molecule has 2 aliphatic rings. The number of halogens is 1. The van der Waals surface area contributed by atoms with Crippen molar-refractivity contribution in [3.63, 3.8) is 0 Å². The lowest BCUT2D eigenvalue weighted by atomic mass is 10.00. The van der Waals surface area contributed by atoms with E-state index in [0.29, 0.717) is 17.9 Å². The minimum Gasteiger partial charge on any atom is -0.493 e. The van der Waals surface area contributed by atoms with E-state index in [4.69, 9.17) is 16.3 Å². The number of fused-ring (bicyclic) bond motifs is 1. The molecule has 1 fully saturated rings. The normalized spacial score (nSPS) is 24.0. The second-order valence-electron chi connectivity index (χ2n) is 7.57. The number of carbonyl (C=O) groups is 1. The molecule has 7 nitrogen and oxygen atoms in total. The molecule has 1 saturated heterocycles. The van der Waals surface area contributed by atoms with Crippen LogP contribution in [0.25, 0.3) is 5.88 Å². The Kier molecular flexibility index (Phi) is 4.62. The van der Waals surface area contributed by atoms with Crippen molar-refractivity contribution in [1.82, 2.24) is 14.7 Å². The Morgan fingerprint density at radius 2 is 2.16 bits per heavy atom. The molecule has 1 aromatic rings. The van der Waals surface area contributed by atoms with Gasteiger partial charge in [-0.1, -0.05) is 11.6 Å². The number of amides is 1. The molecule has 8 heteroatoms. The van der Waals surface area contributed by atoms with Crippen molar-refractivity contribution in [3.8, 4) is 0 Å². The molecule has 0 aliphatic carbocycles. The summed E-state index contributed by atoms with van der Waals surface area (Å²) in [5, 5.41) is 17.9. The topological polar surface area (TPSA) is 79.6 Å². The van der Waals surface area contributed by atoms with E-state index in [0.717, 1.165) is 25.0 Å². The number of piperidine rings is 1. The number of anilines is 1. The van der Waals surface area contributed by atoms with Crippen LogP contribution in [-0.2, 0) is 4.74 Å². The van der Waals surface area contributed by atoms with Crippen molar-refractivity contribution in [1.29, 1.82) is 0 Å². The number of rotatable bonds is 1. The predicted octanol–water partition coefficient (Wildman–Crippen LogP) is 4.08. The number of aliphatic hydroxyl groups is 1. The molecule has 2 N–H and O–H groups in total. The van der Waals surface area contributed by atoms with Gasteiger partial charge in [-0.2, -0.15) is 9.78 Å². The third-order valence-electron chi connectivity index (χ3n) is 4.41. The number of hydrogen-bond donors (Lipinski definition) is 2. The summed E-state index contributed by atoms with van der Waals surface area (Å²) in [5.74, 6) is 0.646. The van der Waals surface area contributed by atoms with Crippen LogP contribution >= 0.6 is 11.6 Å². The van der Waals surface area contributed by atoms with Crippen molar-refractivity contribution >= 4 is 29.4 Å². The Balaban J connectivity index is 1.89. The molecule has 0 saturated carbocycles. The number of hydrogen-bond acceptors (Lipinski definition) is 5. The van der Waals surface area contributed by atoms with Gasteiger partial charge in [0.25, 0.3) is 0 Å². The first kappa shape index (κ1) is 17.9. The summed E-state index contributed by atoms with van der Waals surface area (Å²) in [7, 11) is 0. The van der Waals surface area contributed by atoms with E-state index in [1.165, 1.54) is 4.68 Å². The molecule has 3 heterocycles. The number of nitrogens with one attached hydrogen (secondary N) is 1. The van der Waals surface area contributed by atoms with Crippen LogP contribution in [-0.4, -0.2) is 43.5 Å². The van der Waals surface area contributed by atoms with Crippen LogP contribution in [0.15, 0.2) is 11.6 Å². The van der Waals surface area contributed by atoms with E-state index in [9.17, 15) is 9.90 Å². The fourth-order valence-corrected chi connectivity index (χ4v) is 3.33. The van der Waals surface area contributed by atoms with Gasteiger partial charge in [-0.05, 0) is 47.0 Å². The summed E-state index contributed by atoms with van der Waals surface area (Å²) in [6.07, 6.45) is 2.43. The second kappa shape index (κ2) is 6.44. The quantitative estimate of drug-likeness (QED) is 0.576. The Bertz CT molecular complexity index is 707. The second-order valence-corrected chi connectivity index (χ2v) is 8.00. The number of ether oxygens (including phenoxy) is 1. The van der Waals surface area contributed by atoms with Gasteiger partial charge in [0.1, 0.15) is 16.9 Å². The molecule has 1 amide bonds. The van der Waals surface area contributed by atoms with E-state index < -0.39 is 11.1 Å². The Morgan fingerprint density at radius 3 is 2.84 bits per heavy atom. The zero-order valence-corrected chi connectivity index (χ0v) is 15.8. The third-order valence-corrected chi connectivity index (χ3v) is 4.85. The smallest absolute Gasteiger partial charge is 0.410 e. The summed E-state index contributed by atoms with van der Waals surface area (Å²) in [6, 6.07) is 1.66. The van der Waals surface area contributed by atoms with E-state index in [-0.39, 0.29) is 18.0 Å². The molecule has 2 unspecified atom stereocenters. The maximum absolute atomic E-state index is 12.6. The number of alkyl halides is 1. The lowest BCUT2D eigenvalue weighted by Crippen LogP contribution is -2.42. The Labute approximate surface area is 152 Å². The minimum absolute atomic E-state index is 0.0274. The lowest BCUT2D eigenvalue weighted by molar-refractivity contribution is 0.00896. The van der Waals surface area contributed by atoms with Crippen LogP contribution in [0.4, 0.5) is 10.6 Å². The molecule has 0 spiro atoms. The number of aromatic nitrogens is 2. The van der Waals surface area contributed by atoms with Gasteiger partial charge in [-0.15, -0.1) is 0 Å². The predicted molar refractivity (Wildman–Crippen MR) is 96.5 cm³/mol. The van der Waals surface area contributed by atoms with E-state index >= 15 is 0 Å². The number of aliphatic hydroxyl groups excluding tert-OH is 1. The molecule has 3 rings (SSSR count). The van der Waals surface area contributed by atoms with Gasteiger partial charge in [0.05, 0.1) is 11.7 Å². The maximum Gasteiger partial charge on any atom is 0.410 e. The molecular formula is C17H25ClN4O3. The monoisotopic (exact) mass is 368 g/mol. The lowest BCUT2D eigenvalue weighted by Gasteiger charge is -2.35. The van der Waals surface area contributed by atoms with Gasteiger partial charge in [-0.3, -0.25) is 4.90 Å². The van der Waals surface area contributed by atoms with Crippen LogP contribution in [0.3, 0.4) is 0 Å². The molecule has 25 heavy (non-hydrogen) atoms. The maximum atomic E-state index is 12.6. The molecule has 2 aliphatic heterocycles. The molecular weight excluding hydrogens is 344 g/mol. The van der Waals surface area contributed by atoms with E-state index in [1.54, 1.807) is 11.8 Å². The fraction of sp³-hybridized carbons (Fsp3) is 0.647. The largest absolute Gasteiger partial charge is 0.493 e. The molecule has 0 bridgehead atoms. The standard InChI is InChI=1S/C17H25ClN4O3/c1-10-14(18)19-13-9-11(20-22(13)15(10)23)12-7-5-6-8-21(12)16(24)25-17(2,3)4/h9,12,14,19,23H,5-8H2,1-4H3. The zero-order valence-electron chi connectivity index (χ0n) is 15.0. The average molecular weight is 369 g/mol. The van der Waals surface area contributed by atoms with Crippen molar-refractivity contribution in [3.05, 3.63) is 17.3 Å². The van der Waals surface area contributed by atoms with Crippen molar-refractivity contribution in [2.75, 3.05) is 11.9 Å². The summed E-state index contributed by atoms with van der Waals surface area (Å²) in [4.78, 5) is 14.3. The zero-order chi connectivity index (χ0) is 18.4. The first-order valence-corrected chi connectivity index (χ1v) is 9.01. The minimum atomic E-state index is -0.544. The molecule has 138 valence electrons. The molecule has 0 radical (unpaired) electrons. The number of nitrogens with zero attached hydrogens (tertiary/aromatic N) is 3. The Morgan fingerprint density at radius 1 is 1.44 bits per heavy atom. The Hall–Kier alpha value is -1.89. The highest BCUT2D eigenvalue weighted by Crippen LogP contribution is 2.35. The van der Waals surface area contributed by atoms with Gasteiger partial charge < -0.3 is 15.2 Å². The van der Waals surface area contributed by atoms with E-state index in [1.807, 2.05) is 26.8 Å². The van der Waals surface area contributed by atoms with Gasteiger partial charge in [0.2, 0.25) is 5.88 Å². The fourth-order valence-electron chi connectivity index (χ4n) is 3.12. The van der Waals surface area contributed by atoms with Crippen molar-refractivity contribution < 1.29 is 14.6 Å². The summed E-state index contributed by atoms with van der Waals surface area (Å²) in [5.41, 5.74) is 0.304. The summed E-state index contributed by atoms with van der Waals surface area (Å²) >= 11 is 6.18. The van der Waals surface area contributed by atoms with Crippen LogP contribution in [0.5, 0.6) is 0 Å². The summed E-state index contributed by atoms with van der Waals surface area (Å²) in [6.45, 7) is 7.95. The SMILES string of the molecule is CC1=C(O)n2nc(C3CCCCN3C(=O)OC(C)(C)C)cc2NC1Cl.